The number of benzene rings is 3. The molecule has 33 heavy (non-hydrogen) atoms. The van der Waals surface area contributed by atoms with Gasteiger partial charge < -0.3 is 17.6 Å². The van der Waals surface area contributed by atoms with E-state index in [1.54, 1.807) is 0 Å². The molecule has 0 unspecified atom stereocenters. The Morgan fingerprint density at radius 1 is 0.636 bits per heavy atom. The van der Waals surface area contributed by atoms with Gasteiger partial charge in [0.1, 0.15) is 0 Å². The van der Waals surface area contributed by atoms with Gasteiger partial charge in [-0.25, -0.2) is 0 Å². The highest BCUT2D eigenvalue weighted by molar-refractivity contribution is 6.59. The maximum absolute atomic E-state index is 16.5. The van der Waals surface area contributed by atoms with E-state index in [9.17, 15) is 0 Å². The Bertz CT molecular complexity index is 1460. The SMILES string of the molecule is Cc1ccc(C2=C3C=CC(c4ccccc4)=[N+]3[B-](F)(F)n3c2ccc3-c2ccccc2)cc1. The van der Waals surface area contributed by atoms with Crippen LogP contribution in [0.4, 0.5) is 8.63 Å². The van der Waals surface area contributed by atoms with E-state index in [0.717, 1.165) is 27.8 Å². The molecule has 3 aromatic carbocycles. The summed E-state index contributed by atoms with van der Waals surface area (Å²) in [5.41, 5.74) is 6.50. The van der Waals surface area contributed by atoms with Gasteiger partial charge in [-0.3, -0.25) is 0 Å². The summed E-state index contributed by atoms with van der Waals surface area (Å²) in [5.74, 6) is 0. The van der Waals surface area contributed by atoms with Crippen molar-refractivity contribution in [3.8, 4) is 11.3 Å². The topological polar surface area (TPSA) is 7.94 Å². The summed E-state index contributed by atoms with van der Waals surface area (Å²) in [5, 5.41) is 0. The van der Waals surface area contributed by atoms with Gasteiger partial charge >= 0.3 is 6.97 Å². The zero-order valence-corrected chi connectivity index (χ0v) is 18.1. The van der Waals surface area contributed by atoms with Crippen LogP contribution in [0.1, 0.15) is 22.4 Å². The van der Waals surface area contributed by atoms with Crippen LogP contribution in [0.15, 0.2) is 115 Å². The fourth-order valence-corrected chi connectivity index (χ4v) is 4.92. The molecule has 1 aromatic heterocycles. The zero-order valence-electron chi connectivity index (χ0n) is 18.1. The highest BCUT2D eigenvalue weighted by Gasteiger charge is 2.54. The van der Waals surface area contributed by atoms with E-state index in [0.29, 0.717) is 22.8 Å². The van der Waals surface area contributed by atoms with Crippen molar-refractivity contribution in [3.05, 3.63) is 137 Å². The summed E-state index contributed by atoms with van der Waals surface area (Å²) < 4.78 is 35.4. The van der Waals surface area contributed by atoms with Crippen molar-refractivity contribution in [2.24, 2.45) is 0 Å². The van der Waals surface area contributed by atoms with Crippen LogP contribution in [-0.4, -0.2) is 21.6 Å². The molecule has 0 spiro atoms. The third-order valence-corrected chi connectivity index (χ3v) is 6.45. The lowest BCUT2D eigenvalue weighted by atomic mass is 9.85. The van der Waals surface area contributed by atoms with Crippen LogP contribution in [0.5, 0.6) is 0 Å². The summed E-state index contributed by atoms with van der Waals surface area (Å²) in [7, 11) is 0. The standard InChI is InChI=1S/C28H21BF2N2/c1-20-12-14-23(15-13-20)28-26-18-16-24(21-8-4-2-5-9-21)32(26)29(30,31)33-25(17-19-27(28)33)22-10-6-3-7-11-22/h2-19H,1H3. The molecule has 2 aliphatic rings. The molecule has 0 bridgehead atoms. The van der Waals surface area contributed by atoms with Crippen LogP contribution in [0.2, 0.25) is 0 Å². The van der Waals surface area contributed by atoms with E-state index < -0.39 is 6.97 Å². The number of allylic oxidation sites excluding steroid dienone is 2. The number of aromatic nitrogens is 1. The van der Waals surface area contributed by atoms with Crippen molar-refractivity contribution in [1.82, 2.24) is 4.48 Å². The molecule has 4 aromatic rings. The molecule has 0 radical (unpaired) electrons. The average molecular weight is 434 g/mol. The summed E-state index contributed by atoms with van der Waals surface area (Å²) in [4.78, 5) is 0. The summed E-state index contributed by atoms with van der Waals surface area (Å²) in [6.45, 7) is -2.10. The first-order valence-electron chi connectivity index (χ1n) is 11.1. The van der Waals surface area contributed by atoms with Gasteiger partial charge in [-0.05, 0) is 42.3 Å². The Hall–Kier alpha value is -3.99. The van der Waals surface area contributed by atoms with Gasteiger partial charge in [-0.2, -0.15) is 0 Å². The van der Waals surface area contributed by atoms with Crippen LogP contribution in [0, 0.1) is 6.92 Å². The molecule has 5 heteroatoms. The van der Waals surface area contributed by atoms with Gasteiger partial charge in [-0.15, -0.1) is 0 Å². The van der Waals surface area contributed by atoms with Crippen molar-refractivity contribution in [3.63, 3.8) is 0 Å². The normalized spacial score (nSPS) is 16.2. The Kier molecular flexibility index (Phi) is 4.34. The Labute approximate surface area is 191 Å². The van der Waals surface area contributed by atoms with Crippen LogP contribution in [0.3, 0.4) is 0 Å². The average Bonchev–Trinajstić information content (AvgIpc) is 3.48. The number of rotatable bonds is 3. The first kappa shape index (κ1) is 19.7. The minimum absolute atomic E-state index is 0.513. The van der Waals surface area contributed by atoms with Gasteiger partial charge in [0.25, 0.3) is 0 Å². The molecule has 0 atom stereocenters. The second-order valence-electron chi connectivity index (χ2n) is 8.51. The minimum atomic E-state index is -4.13. The zero-order chi connectivity index (χ0) is 22.6. The lowest BCUT2D eigenvalue weighted by Crippen LogP contribution is -2.51. The van der Waals surface area contributed by atoms with Crippen molar-refractivity contribution < 1.29 is 13.1 Å². The van der Waals surface area contributed by atoms with E-state index in [1.807, 2.05) is 116 Å². The van der Waals surface area contributed by atoms with Gasteiger partial charge in [0.2, 0.25) is 0 Å². The highest BCUT2D eigenvalue weighted by Crippen LogP contribution is 2.43. The van der Waals surface area contributed by atoms with Crippen molar-refractivity contribution in [2.45, 2.75) is 6.92 Å². The van der Waals surface area contributed by atoms with E-state index in [1.165, 1.54) is 8.96 Å². The maximum Gasteiger partial charge on any atom is 0.737 e. The smallest absolute Gasteiger partial charge is 0.389 e. The molecule has 2 aliphatic heterocycles. The van der Waals surface area contributed by atoms with Crippen molar-refractivity contribution >= 4 is 18.3 Å². The Morgan fingerprint density at radius 3 is 1.91 bits per heavy atom. The number of fused-ring (bicyclic) bond motifs is 2. The summed E-state index contributed by atoms with van der Waals surface area (Å²) in [6.07, 6.45) is 3.63. The summed E-state index contributed by atoms with van der Waals surface area (Å²) in [6, 6.07) is 30.5. The van der Waals surface area contributed by atoms with Crippen LogP contribution >= 0.6 is 0 Å². The molecular weight excluding hydrogens is 413 g/mol. The quantitative estimate of drug-likeness (QED) is 0.324. The molecule has 0 N–H and O–H groups in total. The van der Waals surface area contributed by atoms with Crippen molar-refractivity contribution in [1.29, 1.82) is 0 Å². The first-order chi connectivity index (χ1) is 16.1. The molecule has 0 amide bonds. The van der Waals surface area contributed by atoms with E-state index >= 15 is 8.63 Å². The van der Waals surface area contributed by atoms with Crippen LogP contribution < -0.4 is 0 Å². The number of hydrogen-bond acceptors (Lipinski definition) is 0. The predicted molar refractivity (Wildman–Crippen MR) is 130 cm³/mol. The highest BCUT2D eigenvalue weighted by atomic mass is 19.2. The molecule has 0 saturated heterocycles. The van der Waals surface area contributed by atoms with E-state index in [-0.39, 0.29) is 0 Å². The largest absolute Gasteiger partial charge is 0.737 e. The van der Waals surface area contributed by atoms with E-state index in [4.69, 9.17) is 0 Å². The monoisotopic (exact) mass is 434 g/mol. The van der Waals surface area contributed by atoms with Gasteiger partial charge in [-0.1, -0.05) is 78.4 Å². The molecule has 0 fully saturated rings. The van der Waals surface area contributed by atoms with E-state index in [2.05, 4.69) is 0 Å². The molecule has 0 aliphatic carbocycles. The predicted octanol–water partition coefficient (Wildman–Crippen LogP) is 6.53. The Balaban J connectivity index is 1.70. The van der Waals surface area contributed by atoms with Crippen molar-refractivity contribution in [2.75, 3.05) is 0 Å². The molecular formula is C28H21BF2N2. The van der Waals surface area contributed by atoms with Crippen LogP contribution in [0.25, 0.3) is 16.8 Å². The third-order valence-electron chi connectivity index (χ3n) is 6.45. The number of hydrogen-bond donors (Lipinski definition) is 0. The second kappa shape index (κ2) is 7.27. The van der Waals surface area contributed by atoms with Gasteiger partial charge in [0.15, 0.2) is 11.4 Å². The maximum atomic E-state index is 16.5. The lowest BCUT2D eigenvalue weighted by Gasteiger charge is -2.33. The molecule has 0 saturated carbocycles. The Morgan fingerprint density at radius 2 is 1.24 bits per heavy atom. The first-order valence-corrected chi connectivity index (χ1v) is 11.1. The minimum Gasteiger partial charge on any atom is -0.389 e. The third kappa shape index (κ3) is 2.96. The molecule has 6 rings (SSSR count). The number of halogens is 2. The lowest BCUT2D eigenvalue weighted by molar-refractivity contribution is -0.360. The fourth-order valence-electron chi connectivity index (χ4n) is 4.92. The second-order valence-corrected chi connectivity index (χ2v) is 8.51. The molecule has 3 heterocycles. The summed E-state index contributed by atoms with van der Waals surface area (Å²) >= 11 is 0. The fraction of sp³-hybridized carbons (Fsp3) is 0.0357. The number of nitrogens with zero attached hydrogens (tertiary/aromatic N) is 2. The molecule has 2 nitrogen and oxygen atoms in total. The number of aryl methyl sites for hydroxylation is 1. The molecule has 160 valence electrons. The van der Waals surface area contributed by atoms with Gasteiger partial charge in [0.05, 0.1) is 5.57 Å². The van der Waals surface area contributed by atoms with Gasteiger partial charge in [0, 0.05) is 29.1 Å². The van der Waals surface area contributed by atoms with Crippen LogP contribution in [-0.2, 0) is 0 Å².